The lowest BCUT2D eigenvalue weighted by atomic mass is 10.1. The van der Waals surface area contributed by atoms with Crippen LogP contribution in [0.3, 0.4) is 0 Å². The quantitative estimate of drug-likeness (QED) is 0.240. The molecule has 0 bridgehead atoms. The fourth-order valence-electron chi connectivity index (χ4n) is 3.20. The average molecular weight is 549 g/mol. The second-order valence-corrected chi connectivity index (χ2v) is 7.34. The van der Waals surface area contributed by atoms with Gasteiger partial charge in [0.2, 0.25) is 0 Å². The smallest absolute Gasteiger partial charge is 0.191 e. The van der Waals surface area contributed by atoms with Crippen LogP contribution >= 0.6 is 24.0 Å². The van der Waals surface area contributed by atoms with Crippen molar-refractivity contribution >= 4 is 29.9 Å². The molecule has 0 aliphatic rings. The van der Waals surface area contributed by atoms with E-state index >= 15 is 0 Å². The Labute approximate surface area is 207 Å². The normalized spacial score (nSPS) is 11.9. The largest absolute Gasteiger partial charge is 0.497 e. The Kier molecular flexibility index (Phi) is 10.3. The van der Waals surface area contributed by atoms with E-state index in [1.54, 1.807) is 14.2 Å². The van der Waals surface area contributed by atoms with Crippen molar-refractivity contribution in [2.75, 3.05) is 20.7 Å². The van der Waals surface area contributed by atoms with Gasteiger partial charge in [-0.25, -0.2) is 4.98 Å². The number of methoxy groups -OCH3 is 1. The third kappa shape index (κ3) is 7.74. The summed E-state index contributed by atoms with van der Waals surface area (Å²) in [5, 5.41) is 6.68. The molecule has 0 amide bonds. The number of nitrogens with one attached hydrogen (secondary N) is 2. The first kappa shape index (κ1) is 25.5. The minimum atomic E-state index is -0.0348. The SMILES string of the molecule is CN=C(NCc1cccc(Cn2ccnc2C)c1)NCC(C)Oc1cccc(OC)c1.I. The van der Waals surface area contributed by atoms with E-state index in [4.69, 9.17) is 9.47 Å². The van der Waals surface area contributed by atoms with Crippen LogP contribution in [0, 0.1) is 6.92 Å². The molecule has 32 heavy (non-hydrogen) atoms. The monoisotopic (exact) mass is 549 g/mol. The first-order valence-electron chi connectivity index (χ1n) is 10.4. The van der Waals surface area contributed by atoms with E-state index in [0.29, 0.717) is 13.1 Å². The summed E-state index contributed by atoms with van der Waals surface area (Å²) in [5.41, 5.74) is 2.43. The molecule has 2 N–H and O–H groups in total. The van der Waals surface area contributed by atoms with Crippen LogP contribution in [0.2, 0.25) is 0 Å². The Balaban J connectivity index is 0.00000363. The molecule has 1 unspecified atom stereocenters. The van der Waals surface area contributed by atoms with Crippen molar-refractivity contribution in [1.29, 1.82) is 0 Å². The van der Waals surface area contributed by atoms with Crippen LogP contribution in [0.25, 0.3) is 0 Å². The van der Waals surface area contributed by atoms with E-state index in [1.165, 1.54) is 11.1 Å². The summed E-state index contributed by atoms with van der Waals surface area (Å²) in [5.74, 6) is 3.30. The van der Waals surface area contributed by atoms with Gasteiger partial charge < -0.3 is 24.7 Å². The molecule has 2 aromatic carbocycles. The maximum Gasteiger partial charge on any atom is 0.191 e. The van der Waals surface area contributed by atoms with Gasteiger partial charge in [-0.1, -0.05) is 30.3 Å². The lowest BCUT2D eigenvalue weighted by Gasteiger charge is -2.18. The Hall–Kier alpha value is -2.75. The van der Waals surface area contributed by atoms with Crippen LogP contribution in [0.4, 0.5) is 0 Å². The molecule has 8 heteroatoms. The summed E-state index contributed by atoms with van der Waals surface area (Å²) in [7, 11) is 3.41. The van der Waals surface area contributed by atoms with E-state index in [0.717, 1.165) is 29.8 Å². The molecule has 0 saturated heterocycles. The lowest BCUT2D eigenvalue weighted by Crippen LogP contribution is -2.41. The number of hydrogen-bond acceptors (Lipinski definition) is 4. The number of aliphatic imine (C=N–C) groups is 1. The highest BCUT2D eigenvalue weighted by Gasteiger charge is 2.07. The maximum atomic E-state index is 5.96. The van der Waals surface area contributed by atoms with Crippen LogP contribution in [0.5, 0.6) is 11.5 Å². The molecule has 0 aliphatic carbocycles. The van der Waals surface area contributed by atoms with Gasteiger partial charge in [0.15, 0.2) is 5.96 Å². The second-order valence-electron chi connectivity index (χ2n) is 7.34. The topological polar surface area (TPSA) is 72.7 Å². The lowest BCUT2D eigenvalue weighted by molar-refractivity contribution is 0.223. The van der Waals surface area contributed by atoms with Crippen molar-refractivity contribution in [3.63, 3.8) is 0 Å². The van der Waals surface area contributed by atoms with Crippen LogP contribution in [-0.2, 0) is 13.1 Å². The van der Waals surface area contributed by atoms with E-state index in [2.05, 4.69) is 49.4 Å². The molecule has 0 spiro atoms. The summed E-state index contributed by atoms with van der Waals surface area (Å²) >= 11 is 0. The molecule has 3 aromatic rings. The van der Waals surface area contributed by atoms with Crippen LogP contribution in [0.15, 0.2) is 65.9 Å². The first-order valence-corrected chi connectivity index (χ1v) is 10.4. The summed E-state index contributed by atoms with van der Waals surface area (Å²) < 4.78 is 13.3. The van der Waals surface area contributed by atoms with Gasteiger partial charge in [-0.15, -0.1) is 24.0 Å². The van der Waals surface area contributed by atoms with E-state index in [-0.39, 0.29) is 30.1 Å². The molecule has 3 rings (SSSR count). The third-order valence-electron chi connectivity index (χ3n) is 4.89. The standard InChI is InChI=1S/C24H31N5O2.HI/c1-18(31-23-10-6-9-22(14-23)30-4)15-27-24(25-3)28-16-20-7-5-8-21(13-20)17-29-12-11-26-19(29)2;/h5-14,18H,15-17H2,1-4H3,(H2,25,27,28);1H. The molecule has 1 aromatic heterocycles. The highest BCUT2D eigenvalue weighted by Crippen LogP contribution is 2.19. The number of guanidine groups is 1. The van der Waals surface area contributed by atoms with Crippen molar-refractivity contribution in [3.8, 4) is 11.5 Å². The molecule has 1 heterocycles. The van der Waals surface area contributed by atoms with Gasteiger partial charge in [-0.2, -0.15) is 0 Å². The molecular formula is C24H32IN5O2. The fourth-order valence-corrected chi connectivity index (χ4v) is 3.20. The molecule has 0 saturated carbocycles. The predicted octanol–water partition coefficient (Wildman–Crippen LogP) is 4.00. The van der Waals surface area contributed by atoms with Crippen molar-refractivity contribution in [2.45, 2.75) is 33.0 Å². The van der Waals surface area contributed by atoms with Crippen LogP contribution in [-0.4, -0.2) is 42.3 Å². The molecule has 1 atom stereocenters. The number of benzene rings is 2. The van der Waals surface area contributed by atoms with Gasteiger partial charge in [0.1, 0.15) is 23.4 Å². The number of aryl methyl sites for hydroxylation is 1. The molecular weight excluding hydrogens is 517 g/mol. The van der Waals surface area contributed by atoms with Crippen LogP contribution in [0.1, 0.15) is 23.9 Å². The zero-order chi connectivity index (χ0) is 22.1. The maximum absolute atomic E-state index is 5.96. The fraction of sp³-hybridized carbons (Fsp3) is 0.333. The summed E-state index contributed by atoms with van der Waals surface area (Å²) in [6.45, 7) is 6.14. The molecule has 172 valence electrons. The van der Waals surface area contributed by atoms with Gasteiger partial charge in [0, 0.05) is 38.6 Å². The van der Waals surface area contributed by atoms with E-state index in [1.807, 2.05) is 50.5 Å². The highest BCUT2D eigenvalue weighted by atomic mass is 127. The minimum absolute atomic E-state index is 0. The van der Waals surface area contributed by atoms with Crippen LogP contribution < -0.4 is 20.1 Å². The average Bonchev–Trinajstić information content (AvgIpc) is 3.18. The van der Waals surface area contributed by atoms with Gasteiger partial charge in [-0.3, -0.25) is 4.99 Å². The van der Waals surface area contributed by atoms with Gasteiger partial charge in [-0.05, 0) is 37.1 Å². The van der Waals surface area contributed by atoms with Gasteiger partial charge in [0.25, 0.3) is 0 Å². The van der Waals surface area contributed by atoms with E-state index in [9.17, 15) is 0 Å². The molecule has 0 radical (unpaired) electrons. The number of aromatic nitrogens is 2. The van der Waals surface area contributed by atoms with Crippen molar-refractivity contribution in [1.82, 2.24) is 20.2 Å². The van der Waals surface area contributed by atoms with Gasteiger partial charge >= 0.3 is 0 Å². The Bertz CT molecular complexity index is 1010. The van der Waals surface area contributed by atoms with Crippen molar-refractivity contribution in [2.24, 2.45) is 4.99 Å². The number of hydrogen-bond donors (Lipinski definition) is 2. The molecule has 0 fully saturated rings. The summed E-state index contributed by atoms with van der Waals surface area (Å²) in [6.07, 6.45) is 3.79. The third-order valence-corrected chi connectivity index (χ3v) is 4.89. The Morgan fingerprint density at radius 2 is 1.84 bits per heavy atom. The number of nitrogens with zero attached hydrogens (tertiary/aromatic N) is 3. The minimum Gasteiger partial charge on any atom is -0.497 e. The number of imidazole rings is 1. The summed E-state index contributed by atoms with van der Waals surface area (Å²) in [4.78, 5) is 8.60. The van der Waals surface area contributed by atoms with Crippen molar-refractivity contribution < 1.29 is 9.47 Å². The number of halogens is 1. The molecule has 0 aliphatic heterocycles. The zero-order valence-corrected chi connectivity index (χ0v) is 21.4. The van der Waals surface area contributed by atoms with Crippen molar-refractivity contribution in [3.05, 3.63) is 77.9 Å². The highest BCUT2D eigenvalue weighted by molar-refractivity contribution is 14.0. The molecule has 7 nitrogen and oxygen atoms in total. The van der Waals surface area contributed by atoms with E-state index < -0.39 is 0 Å². The number of ether oxygens (including phenoxy) is 2. The Morgan fingerprint density at radius 1 is 1.09 bits per heavy atom. The zero-order valence-electron chi connectivity index (χ0n) is 19.0. The predicted molar refractivity (Wildman–Crippen MR) is 139 cm³/mol. The first-order chi connectivity index (χ1) is 15.1. The summed E-state index contributed by atoms with van der Waals surface area (Å²) in [6, 6.07) is 16.1. The number of rotatable bonds is 9. The Morgan fingerprint density at radius 3 is 2.56 bits per heavy atom. The van der Waals surface area contributed by atoms with Gasteiger partial charge in [0.05, 0.1) is 13.7 Å². The second kappa shape index (κ2) is 12.9.